The number of halogens is 4. The minimum absolute atomic E-state index is 0.0348. The molecule has 0 amide bonds. The van der Waals surface area contributed by atoms with Crippen LogP contribution in [0.1, 0.15) is 17.5 Å². The van der Waals surface area contributed by atoms with Crippen LogP contribution in [0.15, 0.2) is 65.6 Å². The third-order valence-electron chi connectivity index (χ3n) is 4.89. The molecule has 5 nitrogen and oxygen atoms in total. The van der Waals surface area contributed by atoms with Crippen molar-refractivity contribution in [3.05, 3.63) is 77.6 Å². The summed E-state index contributed by atoms with van der Waals surface area (Å²) in [7, 11) is 0. The summed E-state index contributed by atoms with van der Waals surface area (Å²) in [6.45, 7) is -0.190. The number of carbonyl (C=O) groups is 1. The zero-order valence-electron chi connectivity index (χ0n) is 19.3. The van der Waals surface area contributed by atoms with E-state index in [1.807, 2.05) is 19.1 Å². The Bertz CT molecular complexity index is 1170. The highest BCUT2D eigenvalue weighted by atomic mass is 32.2. The SMILES string of the molecule is Cc1cc(SCCCOc2ccc(C(F)(F)CF)cc2Oc2ccc(F)cc2)ccc1OCC(=O)O. The number of rotatable bonds is 13. The lowest BCUT2D eigenvalue weighted by Crippen LogP contribution is -2.16. The minimum atomic E-state index is -3.68. The van der Waals surface area contributed by atoms with Crippen LogP contribution in [0.2, 0.25) is 0 Å². The number of ether oxygens (including phenoxy) is 3. The summed E-state index contributed by atoms with van der Waals surface area (Å²) in [6, 6.07) is 13.8. The summed E-state index contributed by atoms with van der Waals surface area (Å²) in [5.74, 6) is -3.66. The Kier molecular flexibility index (Phi) is 9.46. The van der Waals surface area contributed by atoms with E-state index in [4.69, 9.17) is 19.3 Å². The van der Waals surface area contributed by atoms with Gasteiger partial charge in [0.15, 0.2) is 24.8 Å². The average molecular weight is 525 g/mol. The Morgan fingerprint density at radius 2 is 1.69 bits per heavy atom. The monoisotopic (exact) mass is 524 g/mol. The lowest BCUT2D eigenvalue weighted by atomic mass is 10.1. The Hall–Kier alpha value is -3.40. The molecule has 0 aromatic heterocycles. The average Bonchev–Trinajstić information content (AvgIpc) is 2.85. The maximum Gasteiger partial charge on any atom is 0.341 e. The molecule has 0 fully saturated rings. The molecule has 0 unspecified atom stereocenters. The third-order valence-corrected chi connectivity index (χ3v) is 5.97. The quantitative estimate of drug-likeness (QED) is 0.147. The molecule has 3 aromatic carbocycles. The Morgan fingerprint density at radius 1 is 0.972 bits per heavy atom. The van der Waals surface area contributed by atoms with Gasteiger partial charge in [0.2, 0.25) is 0 Å². The fraction of sp³-hybridized carbons (Fsp3) is 0.269. The van der Waals surface area contributed by atoms with Crippen LogP contribution in [0.5, 0.6) is 23.0 Å². The van der Waals surface area contributed by atoms with E-state index in [2.05, 4.69) is 0 Å². The molecule has 0 aliphatic rings. The van der Waals surface area contributed by atoms with E-state index in [1.165, 1.54) is 30.3 Å². The van der Waals surface area contributed by atoms with Gasteiger partial charge in [0.25, 0.3) is 0 Å². The lowest BCUT2D eigenvalue weighted by molar-refractivity contribution is -0.139. The Balaban J connectivity index is 1.59. The second-order valence-electron chi connectivity index (χ2n) is 7.72. The number of aryl methyl sites for hydroxylation is 1. The van der Waals surface area contributed by atoms with Crippen molar-refractivity contribution in [2.75, 3.05) is 25.6 Å². The van der Waals surface area contributed by atoms with Crippen molar-refractivity contribution in [2.45, 2.75) is 24.2 Å². The summed E-state index contributed by atoms with van der Waals surface area (Å²) in [6.07, 6.45) is 0.610. The largest absolute Gasteiger partial charge is 0.490 e. The molecular formula is C26H24F4O5S. The molecule has 0 bridgehead atoms. The molecule has 0 saturated carbocycles. The summed E-state index contributed by atoms with van der Waals surface area (Å²) < 4.78 is 70.3. The first-order valence-electron chi connectivity index (χ1n) is 10.9. The fourth-order valence-electron chi connectivity index (χ4n) is 3.09. The zero-order chi connectivity index (χ0) is 26.1. The summed E-state index contributed by atoms with van der Waals surface area (Å²) in [4.78, 5) is 11.6. The number of aliphatic carboxylic acids is 1. The molecule has 0 saturated heterocycles. The van der Waals surface area contributed by atoms with Crippen LogP contribution >= 0.6 is 11.8 Å². The summed E-state index contributed by atoms with van der Waals surface area (Å²) >= 11 is 1.56. The number of carboxylic acids is 1. The highest BCUT2D eigenvalue weighted by molar-refractivity contribution is 7.99. The molecular weight excluding hydrogens is 500 g/mol. The molecule has 0 atom stereocenters. The first-order chi connectivity index (χ1) is 17.2. The number of hydrogen-bond donors (Lipinski definition) is 1. The summed E-state index contributed by atoms with van der Waals surface area (Å²) in [5, 5.41) is 8.72. The van der Waals surface area contributed by atoms with Gasteiger partial charge in [0.1, 0.15) is 17.3 Å². The highest BCUT2D eigenvalue weighted by Crippen LogP contribution is 2.38. The number of thioether (sulfide) groups is 1. The van der Waals surface area contributed by atoms with Gasteiger partial charge in [-0.25, -0.2) is 13.6 Å². The first kappa shape index (κ1) is 27.2. The van der Waals surface area contributed by atoms with E-state index in [0.29, 0.717) is 17.9 Å². The fourth-order valence-corrected chi connectivity index (χ4v) is 4.01. The van der Waals surface area contributed by atoms with Crippen molar-refractivity contribution in [3.63, 3.8) is 0 Å². The van der Waals surface area contributed by atoms with Gasteiger partial charge in [0, 0.05) is 16.2 Å². The number of benzene rings is 3. The predicted octanol–water partition coefficient (Wildman–Crippen LogP) is 7.01. The van der Waals surface area contributed by atoms with Gasteiger partial charge in [-0.05, 0) is 79.6 Å². The van der Waals surface area contributed by atoms with Crippen LogP contribution in [0.4, 0.5) is 17.6 Å². The second-order valence-corrected chi connectivity index (χ2v) is 8.88. The Labute approximate surface area is 210 Å². The molecule has 3 aromatic rings. The van der Waals surface area contributed by atoms with Crippen molar-refractivity contribution in [1.29, 1.82) is 0 Å². The van der Waals surface area contributed by atoms with E-state index in [-0.39, 0.29) is 23.9 Å². The molecule has 1 N–H and O–H groups in total. The van der Waals surface area contributed by atoms with Crippen LogP contribution in [-0.2, 0) is 10.7 Å². The first-order valence-corrected chi connectivity index (χ1v) is 11.9. The molecule has 3 rings (SSSR count). The topological polar surface area (TPSA) is 65.0 Å². The maximum absolute atomic E-state index is 13.9. The van der Waals surface area contributed by atoms with Gasteiger partial charge in [-0.15, -0.1) is 11.8 Å². The molecule has 0 heterocycles. The van der Waals surface area contributed by atoms with Crippen LogP contribution < -0.4 is 14.2 Å². The zero-order valence-corrected chi connectivity index (χ0v) is 20.1. The smallest absolute Gasteiger partial charge is 0.341 e. The number of hydrogen-bond acceptors (Lipinski definition) is 5. The minimum Gasteiger partial charge on any atom is -0.490 e. The third kappa shape index (κ3) is 7.81. The van der Waals surface area contributed by atoms with E-state index in [1.54, 1.807) is 17.8 Å². The molecule has 192 valence electrons. The number of alkyl halides is 3. The van der Waals surface area contributed by atoms with Crippen LogP contribution in [0, 0.1) is 12.7 Å². The van der Waals surface area contributed by atoms with Crippen molar-refractivity contribution >= 4 is 17.7 Å². The predicted molar refractivity (Wildman–Crippen MR) is 128 cm³/mol. The van der Waals surface area contributed by atoms with Gasteiger partial charge < -0.3 is 19.3 Å². The molecule has 0 spiro atoms. The highest BCUT2D eigenvalue weighted by Gasteiger charge is 2.32. The van der Waals surface area contributed by atoms with Crippen molar-refractivity contribution in [3.8, 4) is 23.0 Å². The van der Waals surface area contributed by atoms with Crippen molar-refractivity contribution in [2.24, 2.45) is 0 Å². The second kappa shape index (κ2) is 12.5. The normalized spacial score (nSPS) is 11.2. The standard InChI is InChI=1S/C26H24F4O5S/c1-17-13-21(8-10-22(17)34-15-25(31)32)36-12-2-11-33-23-9-3-18(26(29,30)16-27)14-24(23)35-20-6-4-19(28)5-7-20/h3-10,13-14H,2,11-12,15-16H2,1H3,(H,31,32). The van der Waals surface area contributed by atoms with Crippen molar-refractivity contribution < 1.29 is 41.7 Å². The van der Waals surface area contributed by atoms with Gasteiger partial charge in [0.05, 0.1) is 6.61 Å². The van der Waals surface area contributed by atoms with Gasteiger partial charge in [-0.1, -0.05) is 0 Å². The van der Waals surface area contributed by atoms with Crippen molar-refractivity contribution in [1.82, 2.24) is 0 Å². The summed E-state index contributed by atoms with van der Waals surface area (Å²) in [5.41, 5.74) is 0.251. The van der Waals surface area contributed by atoms with E-state index >= 15 is 0 Å². The maximum atomic E-state index is 13.9. The van der Waals surface area contributed by atoms with Gasteiger partial charge in [-0.2, -0.15) is 8.78 Å². The number of carboxylic acid groups (broad SMARTS) is 1. The molecule has 36 heavy (non-hydrogen) atoms. The van der Waals surface area contributed by atoms with Crippen LogP contribution in [-0.4, -0.2) is 36.7 Å². The lowest BCUT2D eigenvalue weighted by Gasteiger charge is -2.17. The molecule has 0 aliphatic heterocycles. The van der Waals surface area contributed by atoms with E-state index in [0.717, 1.165) is 22.6 Å². The Morgan fingerprint density at radius 3 is 2.36 bits per heavy atom. The van der Waals surface area contributed by atoms with Crippen LogP contribution in [0.25, 0.3) is 0 Å². The van der Waals surface area contributed by atoms with E-state index in [9.17, 15) is 22.4 Å². The van der Waals surface area contributed by atoms with E-state index < -0.39 is 36.6 Å². The van der Waals surface area contributed by atoms with Crippen LogP contribution in [0.3, 0.4) is 0 Å². The molecule has 0 aliphatic carbocycles. The van der Waals surface area contributed by atoms with Gasteiger partial charge >= 0.3 is 11.9 Å². The molecule has 10 heteroatoms. The van der Waals surface area contributed by atoms with Gasteiger partial charge in [-0.3, -0.25) is 0 Å². The molecule has 0 radical (unpaired) electrons.